The molecule has 0 atom stereocenters. The van der Waals surface area contributed by atoms with E-state index in [1.54, 1.807) is 6.21 Å². The van der Waals surface area contributed by atoms with Gasteiger partial charge >= 0.3 is 0 Å². The van der Waals surface area contributed by atoms with E-state index in [0.717, 1.165) is 30.1 Å². The summed E-state index contributed by atoms with van der Waals surface area (Å²) in [6, 6.07) is 18.8. The molecule has 30 heavy (non-hydrogen) atoms. The zero-order valence-corrected chi connectivity index (χ0v) is 21.1. The van der Waals surface area contributed by atoms with Gasteiger partial charge in [-0.3, -0.25) is 4.79 Å². The van der Waals surface area contributed by atoms with Crippen LogP contribution in [0.3, 0.4) is 0 Å². The maximum atomic E-state index is 12.0. The lowest BCUT2D eigenvalue weighted by atomic mass is 10.1. The standard InChI is InChI=1S/C22H16Br3ClN2O2/c23-17-7-5-14(6-8-17)11-21(29)28-27-12-15-9-18(24)22(19(25)10-15)30-13-16-3-1-2-4-20(16)26/h1-10,12H,11,13H2,(H,28,29)/b27-12-. The van der Waals surface area contributed by atoms with Crippen molar-refractivity contribution in [1.29, 1.82) is 0 Å². The van der Waals surface area contributed by atoms with E-state index in [-0.39, 0.29) is 12.3 Å². The second-order valence-electron chi connectivity index (χ2n) is 6.29. The van der Waals surface area contributed by atoms with Gasteiger partial charge in [0.1, 0.15) is 12.4 Å². The van der Waals surface area contributed by atoms with Gasteiger partial charge < -0.3 is 4.74 Å². The van der Waals surface area contributed by atoms with Crippen LogP contribution in [0.2, 0.25) is 5.02 Å². The Morgan fingerprint density at radius 1 is 1.03 bits per heavy atom. The molecule has 3 aromatic rings. The van der Waals surface area contributed by atoms with E-state index in [1.807, 2.05) is 60.7 Å². The van der Waals surface area contributed by atoms with Gasteiger partial charge in [0.05, 0.1) is 21.6 Å². The van der Waals surface area contributed by atoms with Crippen LogP contribution in [-0.4, -0.2) is 12.1 Å². The maximum Gasteiger partial charge on any atom is 0.244 e. The van der Waals surface area contributed by atoms with Crippen molar-refractivity contribution in [3.63, 3.8) is 0 Å². The molecule has 0 aliphatic heterocycles. The predicted molar refractivity (Wildman–Crippen MR) is 131 cm³/mol. The van der Waals surface area contributed by atoms with Crippen molar-refractivity contribution in [2.24, 2.45) is 5.10 Å². The normalized spacial score (nSPS) is 10.9. The van der Waals surface area contributed by atoms with Crippen LogP contribution in [0.15, 0.2) is 79.2 Å². The van der Waals surface area contributed by atoms with Gasteiger partial charge in [-0.1, -0.05) is 57.9 Å². The Bertz CT molecular complexity index is 1050. The Morgan fingerprint density at radius 2 is 1.70 bits per heavy atom. The van der Waals surface area contributed by atoms with E-state index in [4.69, 9.17) is 16.3 Å². The van der Waals surface area contributed by atoms with Crippen molar-refractivity contribution in [1.82, 2.24) is 5.43 Å². The summed E-state index contributed by atoms with van der Waals surface area (Å²) < 4.78 is 8.40. The van der Waals surface area contributed by atoms with E-state index < -0.39 is 0 Å². The number of nitrogens with zero attached hydrogens (tertiary/aromatic N) is 1. The molecule has 0 bridgehead atoms. The molecule has 0 aliphatic carbocycles. The number of benzene rings is 3. The predicted octanol–water partition coefficient (Wildman–Crippen LogP) is 6.90. The first-order valence-corrected chi connectivity index (χ1v) is 11.6. The fraction of sp³-hybridized carbons (Fsp3) is 0.0909. The van der Waals surface area contributed by atoms with Gasteiger partial charge in [0, 0.05) is 15.1 Å². The molecule has 0 heterocycles. The van der Waals surface area contributed by atoms with Gasteiger partial charge in [0.25, 0.3) is 0 Å². The van der Waals surface area contributed by atoms with Gasteiger partial charge in [-0.15, -0.1) is 0 Å². The van der Waals surface area contributed by atoms with E-state index in [9.17, 15) is 4.79 Å². The number of ether oxygens (including phenoxy) is 1. The smallest absolute Gasteiger partial charge is 0.244 e. The minimum atomic E-state index is -0.189. The molecule has 0 aromatic heterocycles. The third-order valence-electron chi connectivity index (χ3n) is 4.03. The molecule has 154 valence electrons. The van der Waals surface area contributed by atoms with Crippen molar-refractivity contribution in [2.45, 2.75) is 13.0 Å². The number of carbonyl (C=O) groups is 1. The van der Waals surface area contributed by atoms with E-state index >= 15 is 0 Å². The maximum absolute atomic E-state index is 12.0. The number of nitrogens with one attached hydrogen (secondary N) is 1. The second-order valence-corrected chi connectivity index (χ2v) is 9.32. The van der Waals surface area contributed by atoms with Gasteiger partial charge in [0.2, 0.25) is 5.91 Å². The number of hydrogen-bond acceptors (Lipinski definition) is 3. The summed E-state index contributed by atoms with van der Waals surface area (Å²) >= 11 is 16.6. The van der Waals surface area contributed by atoms with Gasteiger partial charge in [0.15, 0.2) is 0 Å². The molecule has 3 aromatic carbocycles. The highest BCUT2D eigenvalue weighted by molar-refractivity contribution is 9.11. The highest BCUT2D eigenvalue weighted by Gasteiger charge is 2.10. The van der Waals surface area contributed by atoms with Gasteiger partial charge in [-0.2, -0.15) is 5.10 Å². The Hall–Kier alpha value is -1.67. The third-order valence-corrected chi connectivity index (χ3v) is 6.11. The summed E-state index contributed by atoms with van der Waals surface area (Å²) in [7, 11) is 0. The molecule has 0 saturated carbocycles. The quantitative estimate of drug-likeness (QED) is 0.232. The number of hydrogen-bond donors (Lipinski definition) is 1. The lowest BCUT2D eigenvalue weighted by Crippen LogP contribution is -2.19. The highest BCUT2D eigenvalue weighted by atomic mass is 79.9. The summed E-state index contributed by atoms with van der Waals surface area (Å²) in [6.45, 7) is 0.344. The molecule has 0 fully saturated rings. The highest BCUT2D eigenvalue weighted by Crippen LogP contribution is 2.35. The van der Waals surface area contributed by atoms with Crippen LogP contribution >= 0.6 is 59.4 Å². The Kier molecular flexibility index (Phi) is 8.50. The summed E-state index contributed by atoms with van der Waals surface area (Å²) in [5, 5.41) is 4.70. The minimum Gasteiger partial charge on any atom is -0.486 e. The molecule has 0 radical (unpaired) electrons. The lowest BCUT2D eigenvalue weighted by Gasteiger charge is -2.12. The molecule has 8 heteroatoms. The molecule has 0 saturated heterocycles. The number of halogens is 4. The van der Waals surface area contributed by atoms with Crippen molar-refractivity contribution < 1.29 is 9.53 Å². The number of amides is 1. The first kappa shape index (κ1) is 23.0. The van der Waals surface area contributed by atoms with Gasteiger partial charge in [-0.25, -0.2) is 5.43 Å². The first-order chi connectivity index (χ1) is 14.4. The topological polar surface area (TPSA) is 50.7 Å². The van der Waals surface area contributed by atoms with Crippen LogP contribution in [0.25, 0.3) is 0 Å². The summed E-state index contributed by atoms with van der Waals surface area (Å²) in [5.41, 5.74) is 5.15. The Labute approximate surface area is 205 Å². The first-order valence-electron chi connectivity index (χ1n) is 8.84. The number of carbonyl (C=O) groups excluding carboxylic acids is 1. The van der Waals surface area contributed by atoms with Crippen molar-refractivity contribution in [3.8, 4) is 5.75 Å². The largest absolute Gasteiger partial charge is 0.486 e. The lowest BCUT2D eigenvalue weighted by molar-refractivity contribution is -0.120. The molecular weight excluding hydrogens is 599 g/mol. The molecular formula is C22H16Br3ClN2O2. The third kappa shape index (κ3) is 6.67. The van der Waals surface area contributed by atoms with E-state index in [2.05, 4.69) is 58.3 Å². The number of hydrazone groups is 1. The van der Waals surface area contributed by atoms with Crippen LogP contribution in [0, 0.1) is 0 Å². The summed E-state index contributed by atoms with van der Waals surface area (Å²) in [5.74, 6) is 0.470. The minimum absolute atomic E-state index is 0.189. The van der Waals surface area contributed by atoms with Crippen molar-refractivity contribution >= 4 is 71.5 Å². The van der Waals surface area contributed by atoms with Crippen LogP contribution in [0.5, 0.6) is 5.75 Å². The van der Waals surface area contributed by atoms with Crippen LogP contribution in [0.1, 0.15) is 16.7 Å². The molecule has 1 amide bonds. The molecule has 0 unspecified atom stereocenters. The average molecular weight is 616 g/mol. The van der Waals surface area contributed by atoms with Crippen LogP contribution in [-0.2, 0) is 17.8 Å². The van der Waals surface area contributed by atoms with Crippen molar-refractivity contribution in [2.75, 3.05) is 0 Å². The zero-order valence-electron chi connectivity index (χ0n) is 15.5. The SMILES string of the molecule is O=C(Cc1ccc(Br)cc1)N/N=C\c1cc(Br)c(OCc2ccccc2Cl)c(Br)c1. The fourth-order valence-electron chi connectivity index (χ4n) is 2.56. The fourth-order valence-corrected chi connectivity index (χ4v) is 4.47. The molecule has 0 spiro atoms. The summed E-state index contributed by atoms with van der Waals surface area (Å²) in [6.07, 6.45) is 1.83. The van der Waals surface area contributed by atoms with Crippen LogP contribution < -0.4 is 10.2 Å². The van der Waals surface area contributed by atoms with E-state index in [1.165, 1.54) is 0 Å². The molecule has 4 nitrogen and oxygen atoms in total. The molecule has 1 N–H and O–H groups in total. The Balaban J connectivity index is 1.59. The second kappa shape index (κ2) is 11.1. The molecule has 0 aliphatic rings. The number of rotatable bonds is 7. The Morgan fingerprint density at radius 3 is 2.37 bits per heavy atom. The van der Waals surface area contributed by atoms with E-state index in [0.29, 0.717) is 17.4 Å². The van der Waals surface area contributed by atoms with Crippen LogP contribution in [0.4, 0.5) is 0 Å². The van der Waals surface area contributed by atoms with Crippen molar-refractivity contribution in [3.05, 3.63) is 95.8 Å². The monoisotopic (exact) mass is 612 g/mol. The summed E-state index contributed by atoms with van der Waals surface area (Å²) in [4.78, 5) is 12.0. The zero-order chi connectivity index (χ0) is 21.5. The van der Waals surface area contributed by atoms with Gasteiger partial charge in [-0.05, 0) is 73.3 Å². The molecule has 3 rings (SSSR count). The average Bonchev–Trinajstić information content (AvgIpc) is 2.70.